The van der Waals surface area contributed by atoms with Gasteiger partial charge >= 0.3 is 0 Å². The highest BCUT2D eigenvalue weighted by atomic mass is 32.1. The van der Waals surface area contributed by atoms with Crippen LogP contribution in [0.15, 0.2) is 81.8 Å². The summed E-state index contributed by atoms with van der Waals surface area (Å²) in [4.78, 5) is 24.5. The number of carbonyl (C=O) groups is 2. The van der Waals surface area contributed by atoms with Crippen molar-refractivity contribution >= 4 is 40.5 Å². The number of anilines is 2. The van der Waals surface area contributed by atoms with Crippen molar-refractivity contribution in [1.29, 1.82) is 0 Å². The van der Waals surface area contributed by atoms with Gasteiger partial charge in [0.1, 0.15) is 5.76 Å². The maximum absolute atomic E-state index is 12.5. The number of hydrogen-bond acceptors (Lipinski definition) is 5. The van der Waals surface area contributed by atoms with Crippen LogP contribution in [0.4, 0.5) is 11.4 Å². The van der Waals surface area contributed by atoms with Gasteiger partial charge in [0.15, 0.2) is 16.6 Å². The Morgan fingerprint density at radius 2 is 1.52 bits per heavy atom. The van der Waals surface area contributed by atoms with Gasteiger partial charge in [-0.25, -0.2) is 0 Å². The van der Waals surface area contributed by atoms with E-state index < -0.39 is 5.91 Å². The summed E-state index contributed by atoms with van der Waals surface area (Å²) >= 11 is 5.23. The monoisotopic (exact) mass is 459 g/mol. The molecule has 4 rings (SSSR count). The van der Waals surface area contributed by atoms with E-state index in [1.165, 1.54) is 11.8 Å². The SMILES string of the molecule is Cc1ccc(-c2ccc(C(=O)NC(=S)Nc3ccc(NC(=O)c4ccco4)cc3)o2)cc1C. The molecule has 166 valence electrons. The van der Waals surface area contributed by atoms with Crippen molar-refractivity contribution in [1.82, 2.24) is 5.32 Å². The van der Waals surface area contributed by atoms with Gasteiger partial charge in [-0.1, -0.05) is 12.1 Å². The Morgan fingerprint density at radius 1 is 0.788 bits per heavy atom. The van der Waals surface area contributed by atoms with Crippen molar-refractivity contribution < 1.29 is 18.4 Å². The number of hydrogen-bond donors (Lipinski definition) is 3. The van der Waals surface area contributed by atoms with Gasteiger partial charge in [0.05, 0.1) is 6.26 Å². The third-order valence-electron chi connectivity index (χ3n) is 4.99. The first-order chi connectivity index (χ1) is 15.9. The molecule has 4 aromatic rings. The fourth-order valence-corrected chi connectivity index (χ4v) is 3.28. The molecule has 0 saturated heterocycles. The molecule has 0 aliphatic carbocycles. The summed E-state index contributed by atoms with van der Waals surface area (Å²) < 4.78 is 10.8. The number of rotatable bonds is 5. The lowest BCUT2D eigenvalue weighted by Crippen LogP contribution is -2.33. The number of furan rings is 2. The average molecular weight is 460 g/mol. The Balaban J connectivity index is 1.33. The average Bonchev–Trinajstić information content (AvgIpc) is 3.49. The number of benzene rings is 2. The van der Waals surface area contributed by atoms with E-state index in [1.807, 2.05) is 32.0 Å². The van der Waals surface area contributed by atoms with Gasteiger partial charge < -0.3 is 19.5 Å². The molecular weight excluding hydrogens is 438 g/mol. The Bertz CT molecular complexity index is 1310. The predicted molar refractivity (Wildman–Crippen MR) is 130 cm³/mol. The van der Waals surface area contributed by atoms with Gasteiger partial charge in [0.2, 0.25) is 0 Å². The molecule has 0 aliphatic rings. The van der Waals surface area contributed by atoms with Crippen LogP contribution < -0.4 is 16.0 Å². The second kappa shape index (κ2) is 9.54. The van der Waals surface area contributed by atoms with E-state index >= 15 is 0 Å². The first-order valence-corrected chi connectivity index (χ1v) is 10.5. The highest BCUT2D eigenvalue weighted by Gasteiger charge is 2.14. The van der Waals surface area contributed by atoms with Crippen LogP contribution in [0.2, 0.25) is 0 Å². The van der Waals surface area contributed by atoms with Crippen LogP contribution in [-0.2, 0) is 0 Å². The molecule has 2 amide bonds. The minimum absolute atomic E-state index is 0.122. The zero-order chi connectivity index (χ0) is 23.4. The molecule has 2 aromatic carbocycles. The number of carbonyl (C=O) groups excluding carboxylic acids is 2. The molecule has 0 spiro atoms. The highest BCUT2D eigenvalue weighted by molar-refractivity contribution is 7.80. The van der Waals surface area contributed by atoms with E-state index in [1.54, 1.807) is 48.5 Å². The normalized spacial score (nSPS) is 10.5. The minimum atomic E-state index is -0.454. The van der Waals surface area contributed by atoms with Crippen molar-refractivity contribution in [2.24, 2.45) is 0 Å². The molecule has 0 fully saturated rings. The zero-order valence-electron chi connectivity index (χ0n) is 18.0. The Hall–Kier alpha value is -4.17. The van der Waals surface area contributed by atoms with Crippen molar-refractivity contribution in [2.45, 2.75) is 13.8 Å². The van der Waals surface area contributed by atoms with E-state index in [2.05, 4.69) is 16.0 Å². The maximum Gasteiger partial charge on any atom is 0.293 e. The summed E-state index contributed by atoms with van der Waals surface area (Å²) in [5, 5.41) is 8.38. The van der Waals surface area contributed by atoms with Crippen molar-refractivity contribution in [2.75, 3.05) is 10.6 Å². The van der Waals surface area contributed by atoms with E-state index in [9.17, 15) is 9.59 Å². The van der Waals surface area contributed by atoms with E-state index in [4.69, 9.17) is 21.1 Å². The van der Waals surface area contributed by atoms with Crippen molar-refractivity contribution in [3.8, 4) is 11.3 Å². The molecule has 0 radical (unpaired) electrons. The second-order valence-corrected chi connectivity index (χ2v) is 7.79. The van der Waals surface area contributed by atoms with Crippen LogP contribution in [0.25, 0.3) is 11.3 Å². The smallest absolute Gasteiger partial charge is 0.293 e. The predicted octanol–water partition coefficient (Wildman–Crippen LogP) is 5.54. The summed E-state index contributed by atoms with van der Waals surface area (Å²) in [6.45, 7) is 4.07. The molecule has 3 N–H and O–H groups in total. The molecule has 33 heavy (non-hydrogen) atoms. The Kier molecular flexibility index (Phi) is 6.37. The number of nitrogens with one attached hydrogen (secondary N) is 3. The fraction of sp³-hybridized carbons (Fsp3) is 0.0800. The zero-order valence-corrected chi connectivity index (χ0v) is 18.8. The number of amides is 2. The third kappa shape index (κ3) is 5.36. The number of thiocarbonyl (C=S) groups is 1. The molecule has 8 heteroatoms. The highest BCUT2D eigenvalue weighted by Crippen LogP contribution is 2.24. The molecule has 0 saturated carbocycles. The standard InChI is InChI=1S/C25H21N3O4S/c1-15-5-6-17(14-16(15)2)20-11-12-22(32-20)24(30)28-25(33)27-19-9-7-18(8-10-19)26-23(29)21-4-3-13-31-21/h3-14H,1-2H3,(H,26,29)(H2,27,28,30,33). The maximum atomic E-state index is 12.5. The van der Waals surface area contributed by atoms with Gasteiger partial charge in [0, 0.05) is 16.9 Å². The molecule has 0 unspecified atom stereocenters. The first-order valence-electron chi connectivity index (χ1n) is 10.1. The van der Waals surface area contributed by atoms with Gasteiger partial charge in [-0.3, -0.25) is 14.9 Å². The number of aryl methyl sites for hydroxylation is 2. The van der Waals surface area contributed by atoms with E-state index in [0.29, 0.717) is 17.1 Å². The molecule has 0 atom stereocenters. The first kappa shape index (κ1) is 22.0. The van der Waals surface area contributed by atoms with Crippen LogP contribution in [0.5, 0.6) is 0 Å². The topological polar surface area (TPSA) is 96.5 Å². The summed E-state index contributed by atoms with van der Waals surface area (Å²) in [5.74, 6) is 0.185. The van der Waals surface area contributed by atoms with Crippen LogP contribution >= 0.6 is 12.2 Å². The van der Waals surface area contributed by atoms with Crippen molar-refractivity contribution in [3.05, 3.63) is 95.6 Å². The van der Waals surface area contributed by atoms with E-state index in [-0.39, 0.29) is 22.5 Å². The van der Waals surface area contributed by atoms with Gasteiger partial charge in [-0.05, 0) is 91.8 Å². The fourth-order valence-electron chi connectivity index (χ4n) is 3.07. The summed E-state index contributed by atoms with van der Waals surface area (Å²) in [7, 11) is 0. The lowest BCUT2D eigenvalue weighted by Gasteiger charge is -2.10. The molecule has 0 bridgehead atoms. The Morgan fingerprint density at radius 3 is 2.18 bits per heavy atom. The molecule has 2 heterocycles. The van der Waals surface area contributed by atoms with Crippen LogP contribution in [0.3, 0.4) is 0 Å². The largest absolute Gasteiger partial charge is 0.459 e. The third-order valence-corrected chi connectivity index (χ3v) is 5.20. The van der Waals surface area contributed by atoms with Crippen LogP contribution in [0.1, 0.15) is 32.2 Å². The van der Waals surface area contributed by atoms with Crippen molar-refractivity contribution in [3.63, 3.8) is 0 Å². The Labute approximate surface area is 195 Å². The van der Waals surface area contributed by atoms with Crippen LogP contribution in [-0.4, -0.2) is 16.9 Å². The summed E-state index contributed by atoms with van der Waals surface area (Å²) in [6.07, 6.45) is 1.43. The lowest BCUT2D eigenvalue weighted by molar-refractivity contribution is 0.0950. The lowest BCUT2D eigenvalue weighted by atomic mass is 10.1. The quantitative estimate of drug-likeness (QED) is 0.339. The minimum Gasteiger partial charge on any atom is -0.459 e. The van der Waals surface area contributed by atoms with Gasteiger partial charge in [-0.15, -0.1) is 0 Å². The molecule has 0 aliphatic heterocycles. The van der Waals surface area contributed by atoms with E-state index in [0.717, 1.165) is 11.1 Å². The summed E-state index contributed by atoms with van der Waals surface area (Å²) in [5.41, 5.74) is 4.47. The second-order valence-electron chi connectivity index (χ2n) is 7.38. The molecule has 7 nitrogen and oxygen atoms in total. The summed E-state index contributed by atoms with van der Waals surface area (Å²) in [6, 6.07) is 19.4. The van der Waals surface area contributed by atoms with Gasteiger partial charge in [0.25, 0.3) is 11.8 Å². The van der Waals surface area contributed by atoms with Crippen LogP contribution in [0, 0.1) is 13.8 Å². The molecular formula is C25H21N3O4S. The molecule has 2 aromatic heterocycles. The van der Waals surface area contributed by atoms with Gasteiger partial charge in [-0.2, -0.15) is 0 Å².